The van der Waals surface area contributed by atoms with Gasteiger partial charge in [-0.25, -0.2) is 0 Å². The molecule has 0 amide bonds. The zero-order valence-electron chi connectivity index (χ0n) is 14.9. The van der Waals surface area contributed by atoms with Gasteiger partial charge in [0, 0.05) is 39.3 Å². The zero-order valence-corrected chi connectivity index (χ0v) is 16.8. The van der Waals surface area contributed by atoms with Gasteiger partial charge in [0.05, 0.1) is 0 Å². The summed E-state index contributed by atoms with van der Waals surface area (Å²) in [7, 11) is 0. The molecule has 25 heavy (non-hydrogen) atoms. The van der Waals surface area contributed by atoms with Crippen LogP contribution in [-0.2, 0) is 33.0 Å². The largest absolute Gasteiger partial charge is 3.00 e. The molecule has 9 heteroatoms. The van der Waals surface area contributed by atoms with Crippen LogP contribution in [0.5, 0.6) is 0 Å². The van der Waals surface area contributed by atoms with E-state index in [4.69, 9.17) is 17.2 Å². The molecule has 2 aliphatic rings. The van der Waals surface area contributed by atoms with E-state index in [9.17, 15) is 0 Å². The number of nitrogens with two attached hydrogens (primary N) is 4. The van der Waals surface area contributed by atoms with Crippen LogP contribution in [0, 0.1) is 5.92 Å². The second-order valence-corrected chi connectivity index (χ2v) is 5.54. The molecule has 2 rings (SSSR count). The van der Waals surface area contributed by atoms with E-state index in [-0.39, 0.29) is 39.1 Å². The molecule has 0 aromatic rings. The summed E-state index contributed by atoms with van der Waals surface area (Å²) in [6.45, 7) is 7.71. The number of allylic oxidation sites excluding steroid dienone is 2. The van der Waals surface area contributed by atoms with Crippen LogP contribution in [0.3, 0.4) is 0 Å². The van der Waals surface area contributed by atoms with Crippen molar-refractivity contribution in [3.05, 3.63) is 40.7 Å². The van der Waals surface area contributed by atoms with Gasteiger partial charge >= 0.3 is 33.0 Å². The first kappa shape index (κ1) is 29.8. The number of rotatable bonds is 7. The van der Waals surface area contributed by atoms with Crippen molar-refractivity contribution >= 4 is 0 Å². The Balaban J connectivity index is -0.000000352. The summed E-state index contributed by atoms with van der Waals surface area (Å²) < 4.78 is 0. The maximum Gasteiger partial charge on any atom is 3.00 e. The van der Waals surface area contributed by atoms with Gasteiger partial charge in [0.2, 0.25) is 0 Å². The van der Waals surface area contributed by atoms with Crippen LogP contribution < -0.4 is 17.2 Å². The monoisotopic (exact) mass is 440 g/mol. The minimum Gasteiger partial charge on any atom is -0.693 e. The third-order valence-corrected chi connectivity index (χ3v) is 3.88. The predicted molar refractivity (Wildman–Crippen MR) is 100 cm³/mol. The molecule has 0 bridgehead atoms. The topological polar surface area (TPSA) is 143 Å². The Morgan fingerprint density at radius 3 is 1.92 bits per heavy atom. The smallest absolute Gasteiger partial charge is 0.693 e. The van der Waals surface area contributed by atoms with E-state index in [1.54, 1.807) is 0 Å². The van der Waals surface area contributed by atoms with Gasteiger partial charge < -0.3 is 34.0 Å². The Hall–Kier alpha value is 0.0270. The van der Waals surface area contributed by atoms with Crippen LogP contribution >= 0.6 is 0 Å². The second-order valence-electron chi connectivity index (χ2n) is 5.54. The van der Waals surface area contributed by atoms with Gasteiger partial charge in [0.1, 0.15) is 0 Å². The van der Waals surface area contributed by atoms with Gasteiger partial charge in [-0.1, -0.05) is 30.6 Å². The first-order valence-corrected chi connectivity index (χ1v) is 8.30. The third kappa shape index (κ3) is 13.8. The first-order valence-electron chi connectivity index (χ1n) is 8.30. The van der Waals surface area contributed by atoms with Crippen molar-refractivity contribution in [1.29, 1.82) is 0 Å². The predicted octanol–water partition coefficient (Wildman–Crippen LogP) is 1.47. The van der Waals surface area contributed by atoms with Crippen molar-refractivity contribution in [3.63, 3.8) is 0 Å². The van der Waals surface area contributed by atoms with E-state index in [1.807, 2.05) is 6.20 Å². The molecule has 1 fully saturated rings. The van der Waals surface area contributed by atoms with Gasteiger partial charge in [0.25, 0.3) is 0 Å². The Bertz CT molecular complexity index is 320. The molecular formula is C16H34N7Ni2+2. The molecule has 151 valence electrons. The molecule has 0 aliphatic carbocycles. The molecule has 0 spiro atoms. The average Bonchev–Trinajstić information content (AvgIpc) is 2.58. The van der Waals surface area contributed by atoms with Crippen molar-refractivity contribution in [2.75, 3.05) is 58.9 Å². The van der Waals surface area contributed by atoms with Crippen LogP contribution in [0.25, 0.3) is 16.8 Å². The van der Waals surface area contributed by atoms with Gasteiger partial charge in [0.15, 0.2) is 0 Å². The summed E-state index contributed by atoms with van der Waals surface area (Å²) >= 11 is 0. The molecule has 0 atom stereocenters. The second kappa shape index (κ2) is 20.3. The zero-order chi connectivity index (χ0) is 16.0. The molecule has 0 aromatic heterocycles. The van der Waals surface area contributed by atoms with Crippen molar-refractivity contribution in [3.8, 4) is 0 Å². The Morgan fingerprint density at radius 1 is 1.00 bits per heavy atom. The Kier molecular flexibility index (Phi) is 24.2. The summed E-state index contributed by atoms with van der Waals surface area (Å²) in [6.07, 6.45) is 8.79. The number of piperidine rings is 1. The van der Waals surface area contributed by atoms with Crippen LogP contribution in [0.2, 0.25) is 0 Å². The van der Waals surface area contributed by atoms with Crippen LogP contribution in [0.1, 0.15) is 12.8 Å². The van der Waals surface area contributed by atoms with E-state index >= 15 is 0 Å². The summed E-state index contributed by atoms with van der Waals surface area (Å²) in [5.41, 5.74) is 17.6. The fourth-order valence-corrected chi connectivity index (χ4v) is 2.70. The van der Waals surface area contributed by atoms with Crippen LogP contribution in [0.15, 0.2) is 23.9 Å². The van der Waals surface area contributed by atoms with Gasteiger partial charge in [-0.05, 0) is 5.92 Å². The Morgan fingerprint density at radius 2 is 1.52 bits per heavy atom. The standard InChI is InChI=1S/C10H14N2.C6H18N4.H2N.2Ni/c1-5-11-6-2-9(1)10-3-7-12-8-4-10;7-1-4-10(5-2-8)6-3-9;;;/h1-2,5,10H,3-4,6-8H2;1-9H2;1H2;;/q-2;;-1;+2;+3. The number of nitrogens with zero attached hydrogens (tertiary/aromatic N) is 3. The molecular weight excluding hydrogens is 408 g/mol. The molecule has 0 saturated carbocycles. The Labute approximate surface area is 173 Å². The molecule has 2 heterocycles. The average molecular weight is 442 g/mol. The summed E-state index contributed by atoms with van der Waals surface area (Å²) in [5, 5.41) is 8.49. The number of hydrogen-bond acceptors (Lipinski definition) is 4. The van der Waals surface area contributed by atoms with E-state index in [1.165, 1.54) is 18.4 Å². The van der Waals surface area contributed by atoms with Gasteiger partial charge in [-0.15, -0.1) is 19.6 Å². The third-order valence-electron chi connectivity index (χ3n) is 3.88. The molecule has 2 aliphatic heterocycles. The van der Waals surface area contributed by atoms with Gasteiger partial charge in [-0.2, -0.15) is 6.20 Å². The molecule has 0 aromatic carbocycles. The number of hydrogen-bond donors (Lipinski definition) is 3. The van der Waals surface area contributed by atoms with Crippen LogP contribution in [0.4, 0.5) is 0 Å². The normalized spacial score (nSPS) is 16.2. The van der Waals surface area contributed by atoms with Crippen molar-refractivity contribution < 1.29 is 33.0 Å². The fraction of sp³-hybridized carbons (Fsp3) is 0.750. The molecule has 0 unspecified atom stereocenters. The van der Waals surface area contributed by atoms with Crippen molar-refractivity contribution in [2.45, 2.75) is 12.8 Å². The minimum atomic E-state index is 0. The maximum atomic E-state index is 5.37. The summed E-state index contributed by atoms with van der Waals surface area (Å²) in [5.74, 6) is 0.759. The first-order chi connectivity index (χ1) is 10.8. The van der Waals surface area contributed by atoms with Crippen LogP contribution in [-0.4, -0.2) is 63.8 Å². The van der Waals surface area contributed by atoms with E-state index < -0.39 is 0 Å². The molecule has 1 saturated heterocycles. The SMILES string of the molecule is C1=CC(C2CC[N-]CC2)=CC[N-]1.NCCN(CCN)CCN.[NH2-].[Ni+2].[Ni+3]. The van der Waals surface area contributed by atoms with Crippen molar-refractivity contribution in [2.24, 2.45) is 23.1 Å². The maximum absolute atomic E-state index is 5.37. The summed E-state index contributed by atoms with van der Waals surface area (Å²) in [6, 6.07) is 0. The van der Waals surface area contributed by atoms with Crippen molar-refractivity contribution in [1.82, 2.24) is 4.90 Å². The molecule has 8 N–H and O–H groups in total. The summed E-state index contributed by atoms with van der Waals surface area (Å²) in [4.78, 5) is 2.17. The molecule has 1 radical (unpaired) electrons. The quantitative estimate of drug-likeness (QED) is 0.514. The van der Waals surface area contributed by atoms with E-state index in [0.29, 0.717) is 19.6 Å². The fourth-order valence-electron chi connectivity index (χ4n) is 2.70. The van der Waals surface area contributed by atoms with E-state index in [0.717, 1.165) is 45.2 Å². The van der Waals surface area contributed by atoms with E-state index in [2.05, 4.69) is 27.7 Å². The minimum absolute atomic E-state index is 0. The van der Waals surface area contributed by atoms with Gasteiger partial charge in [-0.3, -0.25) is 4.90 Å². The molecule has 7 nitrogen and oxygen atoms in total.